The lowest BCUT2D eigenvalue weighted by Crippen LogP contribution is -2.43. The van der Waals surface area contributed by atoms with Gasteiger partial charge in [-0.15, -0.1) is 0 Å². The predicted molar refractivity (Wildman–Crippen MR) is 117 cm³/mol. The van der Waals surface area contributed by atoms with Crippen LogP contribution in [-0.4, -0.2) is 31.6 Å². The predicted octanol–water partition coefficient (Wildman–Crippen LogP) is 5.39. The summed E-state index contributed by atoms with van der Waals surface area (Å²) >= 11 is 0. The lowest BCUT2D eigenvalue weighted by atomic mass is 9.86. The van der Waals surface area contributed by atoms with E-state index in [0.717, 1.165) is 55.5 Å². The van der Waals surface area contributed by atoms with Gasteiger partial charge in [0, 0.05) is 12.5 Å². The first-order chi connectivity index (χ1) is 14.1. The molecular formula is C25H33NO3. The number of carbonyl (C=O) groups excluding carboxylic acids is 1. The number of rotatable bonds is 8. The van der Waals surface area contributed by atoms with E-state index < -0.39 is 0 Å². The first-order valence-corrected chi connectivity index (χ1v) is 10.7. The molecule has 1 heterocycles. The summed E-state index contributed by atoms with van der Waals surface area (Å²) in [5, 5.41) is 0. The van der Waals surface area contributed by atoms with Gasteiger partial charge in [-0.05, 0) is 48.1 Å². The zero-order valence-electron chi connectivity index (χ0n) is 18.1. The molecule has 0 N–H and O–H groups in total. The van der Waals surface area contributed by atoms with Crippen LogP contribution < -0.4 is 9.47 Å². The number of fused-ring (bicyclic) bond motifs is 1. The zero-order valence-corrected chi connectivity index (χ0v) is 18.1. The monoisotopic (exact) mass is 395 g/mol. The summed E-state index contributed by atoms with van der Waals surface area (Å²) in [6, 6.07) is 14.4. The highest BCUT2D eigenvalue weighted by atomic mass is 16.5. The van der Waals surface area contributed by atoms with Crippen molar-refractivity contribution >= 4 is 5.91 Å². The highest BCUT2D eigenvalue weighted by molar-refractivity contribution is 5.80. The number of unbranched alkanes of at least 4 members (excludes halogenated alkanes) is 1. The van der Waals surface area contributed by atoms with Crippen LogP contribution in [-0.2, 0) is 11.2 Å². The molecule has 4 heteroatoms. The SMILES string of the molecule is CCCC[C@@H](CC)C(=O)N1CCc2cc(OC)c(OC)cc2[C@@H]1c1ccccc1. The van der Waals surface area contributed by atoms with Gasteiger partial charge in [0.05, 0.1) is 20.3 Å². The summed E-state index contributed by atoms with van der Waals surface area (Å²) in [7, 11) is 3.32. The molecule has 0 aromatic heterocycles. The van der Waals surface area contributed by atoms with E-state index >= 15 is 0 Å². The number of ether oxygens (including phenoxy) is 2. The van der Waals surface area contributed by atoms with Crippen molar-refractivity contribution in [1.29, 1.82) is 0 Å². The zero-order chi connectivity index (χ0) is 20.8. The first kappa shape index (κ1) is 21.2. The van der Waals surface area contributed by atoms with Gasteiger partial charge in [0.2, 0.25) is 5.91 Å². The highest BCUT2D eigenvalue weighted by Gasteiger charge is 2.35. The first-order valence-electron chi connectivity index (χ1n) is 10.7. The summed E-state index contributed by atoms with van der Waals surface area (Å²) in [5.41, 5.74) is 3.50. The van der Waals surface area contributed by atoms with Crippen LogP contribution in [0, 0.1) is 5.92 Å². The van der Waals surface area contributed by atoms with E-state index in [1.54, 1.807) is 14.2 Å². The molecule has 29 heavy (non-hydrogen) atoms. The van der Waals surface area contributed by atoms with E-state index in [-0.39, 0.29) is 17.9 Å². The number of methoxy groups -OCH3 is 2. The van der Waals surface area contributed by atoms with Crippen LogP contribution in [0.15, 0.2) is 42.5 Å². The molecule has 2 atom stereocenters. The number of carbonyl (C=O) groups is 1. The third-order valence-corrected chi connectivity index (χ3v) is 6.02. The molecule has 0 aliphatic carbocycles. The van der Waals surface area contributed by atoms with Crippen molar-refractivity contribution in [2.24, 2.45) is 5.92 Å². The van der Waals surface area contributed by atoms with Crippen LogP contribution >= 0.6 is 0 Å². The van der Waals surface area contributed by atoms with Crippen molar-refractivity contribution in [3.05, 3.63) is 59.2 Å². The van der Waals surface area contributed by atoms with Gasteiger partial charge in [-0.1, -0.05) is 57.0 Å². The summed E-state index contributed by atoms with van der Waals surface area (Å²) in [5.74, 6) is 1.81. The molecule has 3 rings (SSSR count). The number of hydrogen-bond acceptors (Lipinski definition) is 3. The second-order valence-electron chi connectivity index (χ2n) is 7.75. The standard InChI is InChI=1S/C25H33NO3/c1-5-7-11-18(6-2)25(27)26-15-14-20-16-22(28-3)23(29-4)17-21(20)24(26)19-12-9-8-10-13-19/h8-10,12-13,16-18,24H,5-7,11,14-15H2,1-4H3/t18-,24+/m1/s1. The Bertz CT molecular complexity index is 818. The number of nitrogens with zero attached hydrogens (tertiary/aromatic N) is 1. The quantitative estimate of drug-likeness (QED) is 0.601. The van der Waals surface area contributed by atoms with Crippen LogP contribution in [0.1, 0.15) is 62.3 Å². The van der Waals surface area contributed by atoms with Gasteiger partial charge in [-0.2, -0.15) is 0 Å². The van der Waals surface area contributed by atoms with E-state index in [4.69, 9.17) is 9.47 Å². The smallest absolute Gasteiger partial charge is 0.226 e. The molecule has 2 aromatic carbocycles. The van der Waals surface area contributed by atoms with Gasteiger partial charge in [0.15, 0.2) is 11.5 Å². The van der Waals surface area contributed by atoms with Crippen molar-refractivity contribution in [3.8, 4) is 11.5 Å². The molecular weight excluding hydrogens is 362 g/mol. The Labute approximate surface area is 174 Å². The van der Waals surface area contributed by atoms with Crippen molar-refractivity contribution in [1.82, 2.24) is 4.90 Å². The Morgan fingerprint density at radius 3 is 2.41 bits per heavy atom. The topological polar surface area (TPSA) is 38.8 Å². The average Bonchev–Trinajstić information content (AvgIpc) is 2.78. The second kappa shape index (κ2) is 9.82. The Morgan fingerprint density at radius 1 is 1.10 bits per heavy atom. The molecule has 1 aliphatic rings. The van der Waals surface area contributed by atoms with Gasteiger partial charge in [-0.25, -0.2) is 0 Å². The molecule has 0 saturated heterocycles. The third-order valence-electron chi connectivity index (χ3n) is 6.02. The van der Waals surface area contributed by atoms with Gasteiger partial charge in [-0.3, -0.25) is 4.79 Å². The van der Waals surface area contributed by atoms with Crippen LogP contribution in [0.25, 0.3) is 0 Å². The van der Waals surface area contributed by atoms with E-state index in [2.05, 4.69) is 43.0 Å². The van der Waals surface area contributed by atoms with Crippen molar-refractivity contribution in [2.75, 3.05) is 20.8 Å². The number of amides is 1. The van der Waals surface area contributed by atoms with E-state index in [1.807, 2.05) is 18.2 Å². The normalized spacial score (nSPS) is 16.8. The lowest BCUT2D eigenvalue weighted by molar-refractivity contribution is -0.138. The molecule has 0 fully saturated rings. The molecule has 2 aromatic rings. The molecule has 156 valence electrons. The largest absolute Gasteiger partial charge is 0.493 e. The second-order valence-corrected chi connectivity index (χ2v) is 7.75. The van der Waals surface area contributed by atoms with Gasteiger partial charge < -0.3 is 14.4 Å². The van der Waals surface area contributed by atoms with Crippen LogP contribution in [0.4, 0.5) is 0 Å². The summed E-state index contributed by atoms with van der Waals surface area (Å²) in [4.78, 5) is 15.7. The summed E-state index contributed by atoms with van der Waals surface area (Å²) in [6.07, 6.45) is 4.88. The fraction of sp³-hybridized carbons (Fsp3) is 0.480. The Hall–Kier alpha value is -2.49. The molecule has 0 bridgehead atoms. The van der Waals surface area contributed by atoms with Crippen molar-refractivity contribution < 1.29 is 14.3 Å². The summed E-state index contributed by atoms with van der Waals surface area (Å²) in [6.45, 7) is 5.03. The van der Waals surface area contributed by atoms with Crippen LogP contribution in [0.2, 0.25) is 0 Å². The van der Waals surface area contributed by atoms with E-state index in [9.17, 15) is 4.79 Å². The fourth-order valence-corrected chi connectivity index (χ4v) is 4.37. The maximum atomic E-state index is 13.6. The Kier molecular flexibility index (Phi) is 7.18. The molecule has 0 spiro atoms. The maximum Gasteiger partial charge on any atom is 0.226 e. The minimum atomic E-state index is -0.0945. The molecule has 0 saturated carbocycles. The van der Waals surface area contributed by atoms with Gasteiger partial charge in [0.25, 0.3) is 0 Å². The number of hydrogen-bond donors (Lipinski definition) is 0. The van der Waals surface area contributed by atoms with Crippen LogP contribution in [0.5, 0.6) is 11.5 Å². The fourth-order valence-electron chi connectivity index (χ4n) is 4.37. The van der Waals surface area contributed by atoms with Gasteiger partial charge >= 0.3 is 0 Å². The molecule has 4 nitrogen and oxygen atoms in total. The molecule has 0 radical (unpaired) electrons. The van der Waals surface area contributed by atoms with E-state index in [1.165, 1.54) is 5.56 Å². The maximum absolute atomic E-state index is 13.6. The summed E-state index contributed by atoms with van der Waals surface area (Å²) < 4.78 is 11.1. The van der Waals surface area contributed by atoms with Crippen LogP contribution in [0.3, 0.4) is 0 Å². The van der Waals surface area contributed by atoms with Crippen molar-refractivity contribution in [3.63, 3.8) is 0 Å². The minimum absolute atomic E-state index is 0.0860. The average molecular weight is 396 g/mol. The molecule has 0 unspecified atom stereocenters. The Morgan fingerprint density at radius 2 is 1.79 bits per heavy atom. The molecule has 1 aliphatic heterocycles. The lowest BCUT2D eigenvalue weighted by Gasteiger charge is -2.40. The highest BCUT2D eigenvalue weighted by Crippen LogP contribution is 2.41. The minimum Gasteiger partial charge on any atom is -0.493 e. The van der Waals surface area contributed by atoms with Gasteiger partial charge in [0.1, 0.15) is 0 Å². The van der Waals surface area contributed by atoms with E-state index in [0.29, 0.717) is 5.75 Å². The third kappa shape index (κ3) is 4.42. The Balaban J connectivity index is 2.06. The molecule has 1 amide bonds. The number of benzene rings is 2. The van der Waals surface area contributed by atoms with Crippen molar-refractivity contribution in [2.45, 2.75) is 52.0 Å².